The highest BCUT2D eigenvalue weighted by Gasteiger charge is 2.14. The van der Waals surface area contributed by atoms with Crippen LogP contribution in [0.25, 0.3) is 6.08 Å². The molecule has 0 spiro atoms. The van der Waals surface area contributed by atoms with E-state index in [9.17, 15) is 22.6 Å². The molecule has 0 saturated carbocycles. The van der Waals surface area contributed by atoms with Crippen LogP contribution in [0.3, 0.4) is 0 Å². The Bertz CT molecular complexity index is 2240. The van der Waals surface area contributed by atoms with E-state index in [1.165, 1.54) is 54.5 Å². The summed E-state index contributed by atoms with van der Waals surface area (Å²) in [5.74, 6) is 0.663. The Hall–Kier alpha value is -5.25. The standard InChI is InChI=1S/C39H36Cl2N6O6S2/c40-31-11-6-12-32(41)38(31)54-26-30-15-17-34(53-23-20-27-8-2-1-3-9-27)33(46-30)16-19-37(48)42-21-7-22-43-39(49)29-14-18-36(44-24-29)47-45-25-28-10-4-5-13-35(28)55(50,51)52/h1-6,8-19,24-25H,7,20-23,26H2,(H,42,48)(H,43,49)(H,44,47)(H,50,51,52)/b19-16+,45-25+. The van der Waals surface area contributed by atoms with Crippen molar-refractivity contribution in [1.29, 1.82) is 0 Å². The Balaban J connectivity index is 1.09. The summed E-state index contributed by atoms with van der Waals surface area (Å²) >= 11 is 14.2. The van der Waals surface area contributed by atoms with Gasteiger partial charge >= 0.3 is 0 Å². The van der Waals surface area contributed by atoms with Crippen LogP contribution in [0, 0.1) is 0 Å². The van der Waals surface area contributed by atoms with E-state index in [0.29, 0.717) is 71.2 Å². The van der Waals surface area contributed by atoms with Crippen LogP contribution >= 0.6 is 35.0 Å². The lowest BCUT2D eigenvalue weighted by molar-refractivity contribution is -0.116. The first-order chi connectivity index (χ1) is 26.6. The fourth-order valence-corrected chi connectivity index (χ4v) is 7.18. The largest absolute Gasteiger partial charge is 0.491 e. The van der Waals surface area contributed by atoms with E-state index < -0.39 is 10.1 Å². The van der Waals surface area contributed by atoms with Gasteiger partial charge in [-0.1, -0.05) is 77.8 Å². The van der Waals surface area contributed by atoms with E-state index in [1.807, 2.05) is 42.5 Å². The molecule has 0 bridgehead atoms. The summed E-state index contributed by atoms with van der Waals surface area (Å²) in [6.45, 7) is 1.04. The second-order valence-corrected chi connectivity index (χ2v) is 14.8. The number of nitrogens with one attached hydrogen (secondary N) is 3. The summed E-state index contributed by atoms with van der Waals surface area (Å²) in [6, 6.07) is 28.0. The van der Waals surface area contributed by atoms with Crippen LogP contribution in [-0.4, -0.2) is 60.7 Å². The van der Waals surface area contributed by atoms with E-state index in [4.69, 9.17) is 32.9 Å². The van der Waals surface area contributed by atoms with Crippen molar-refractivity contribution in [3.8, 4) is 5.75 Å². The van der Waals surface area contributed by atoms with Crippen LogP contribution < -0.4 is 20.8 Å². The Kier molecular flexibility index (Phi) is 15.2. The van der Waals surface area contributed by atoms with Crippen molar-refractivity contribution < 1.29 is 27.3 Å². The minimum atomic E-state index is -4.41. The molecule has 0 aliphatic rings. The monoisotopic (exact) mass is 818 g/mol. The SMILES string of the molecule is O=C(/C=C/c1nc(CSc2c(Cl)cccc2Cl)ccc1OCCc1ccccc1)NCCCNC(=O)c1ccc(N/N=C/c2ccccc2S(=O)(=O)O)nc1. The first-order valence-corrected chi connectivity index (χ1v) is 20.0. The van der Waals surface area contributed by atoms with Crippen molar-refractivity contribution in [3.05, 3.63) is 147 Å². The minimum Gasteiger partial charge on any atom is -0.491 e. The predicted octanol–water partition coefficient (Wildman–Crippen LogP) is 7.34. The molecule has 3 aromatic carbocycles. The molecule has 0 aliphatic carbocycles. The van der Waals surface area contributed by atoms with Crippen molar-refractivity contribution in [3.63, 3.8) is 0 Å². The van der Waals surface area contributed by atoms with Crippen LogP contribution in [0.1, 0.15) is 39.3 Å². The summed E-state index contributed by atoms with van der Waals surface area (Å²) in [4.78, 5) is 34.7. The first kappa shape index (κ1) is 40.9. The first-order valence-electron chi connectivity index (χ1n) is 16.9. The maximum Gasteiger partial charge on any atom is 0.295 e. The van der Waals surface area contributed by atoms with E-state index in [0.717, 1.165) is 16.2 Å². The van der Waals surface area contributed by atoms with Crippen LogP contribution in [0.5, 0.6) is 5.75 Å². The van der Waals surface area contributed by atoms with E-state index in [1.54, 1.807) is 36.4 Å². The van der Waals surface area contributed by atoms with Crippen molar-refractivity contribution in [2.24, 2.45) is 5.10 Å². The number of hydrazone groups is 1. The molecule has 16 heteroatoms. The van der Waals surface area contributed by atoms with Gasteiger partial charge in [0.2, 0.25) is 5.91 Å². The number of amides is 2. The van der Waals surface area contributed by atoms with Gasteiger partial charge in [0, 0.05) is 48.0 Å². The molecule has 4 N–H and O–H groups in total. The van der Waals surface area contributed by atoms with Gasteiger partial charge in [-0.05, 0) is 60.5 Å². The number of carbonyl (C=O) groups is 2. The zero-order valence-electron chi connectivity index (χ0n) is 29.2. The average molecular weight is 820 g/mol. The Morgan fingerprint density at radius 1 is 0.891 bits per heavy atom. The molecule has 0 radical (unpaired) electrons. The van der Waals surface area contributed by atoms with Gasteiger partial charge in [0.05, 0.1) is 34.1 Å². The molecule has 0 aliphatic heterocycles. The van der Waals surface area contributed by atoms with Crippen molar-refractivity contribution in [2.45, 2.75) is 28.4 Å². The fraction of sp³-hybridized carbons (Fsp3) is 0.154. The van der Waals surface area contributed by atoms with Crippen molar-refractivity contribution >= 4 is 75.0 Å². The Morgan fingerprint density at radius 2 is 1.64 bits per heavy atom. The minimum absolute atomic E-state index is 0.184. The van der Waals surface area contributed by atoms with Crippen LogP contribution in [0.4, 0.5) is 5.82 Å². The van der Waals surface area contributed by atoms with Crippen LogP contribution in [0.15, 0.2) is 124 Å². The molecule has 55 heavy (non-hydrogen) atoms. The number of carbonyl (C=O) groups excluding carboxylic acids is 2. The number of hydrogen-bond acceptors (Lipinski definition) is 10. The fourth-order valence-electron chi connectivity index (χ4n) is 4.92. The van der Waals surface area contributed by atoms with Gasteiger partial charge in [0.1, 0.15) is 22.2 Å². The maximum atomic E-state index is 12.7. The second kappa shape index (κ2) is 20.4. The molecule has 12 nitrogen and oxygen atoms in total. The number of ether oxygens (including phenoxy) is 1. The highest BCUT2D eigenvalue weighted by molar-refractivity contribution is 7.98. The van der Waals surface area contributed by atoms with E-state index >= 15 is 0 Å². The topological polar surface area (TPSA) is 172 Å². The van der Waals surface area contributed by atoms with Gasteiger partial charge in [0.15, 0.2) is 0 Å². The molecule has 0 unspecified atom stereocenters. The van der Waals surface area contributed by atoms with Crippen molar-refractivity contribution in [2.75, 3.05) is 25.1 Å². The van der Waals surface area contributed by atoms with Gasteiger partial charge in [-0.15, -0.1) is 11.8 Å². The number of halogens is 2. The molecular formula is C39H36Cl2N6O6S2. The zero-order valence-corrected chi connectivity index (χ0v) is 32.3. The van der Waals surface area contributed by atoms with Gasteiger partial charge in [0.25, 0.3) is 16.0 Å². The summed E-state index contributed by atoms with van der Waals surface area (Å²) in [6.07, 6.45) is 6.78. The van der Waals surface area contributed by atoms with E-state index in [2.05, 4.69) is 26.1 Å². The molecule has 5 aromatic rings. The lowest BCUT2D eigenvalue weighted by Gasteiger charge is -2.11. The summed E-state index contributed by atoms with van der Waals surface area (Å²) in [7, 11) is -4.41. The molecule has 0 saturated heterocycles. The molecule has 2 aromatic heterocycles. The molecule has 284 valence electrons. The smallest absolute Gasteiger partial charge is 0.295 e. The zero-order chi connectivity index (χ0) is 39.0. The number of aromatic nitrogens is 2. The van der Waals surface area contributed by atoms with Gasteiger partial charge in [-0.25, -0.2) is 9.97 Å². The Morgan fingerprint density at radius 3 is 2.38 bits per heavy atom. The van der Waals surface area contributed by atoms with Crippen LogP contribution in [0.2, 0.25) is 10.0 Å². The summed E-state index contributed by atoms with van der Waals surface area (Å²) in [5.41, 5.74) is 5.54. The highest BCUT2D eigenvalue weighted by atomic mass is 35.5. The number of hydrogen-bond donors (Lipinski definition) is 4. The number of pyridine rings is 2. The normalized spacial score (nSPS) is 11.5. The average Bonchev–Trinajstić information content (AvgIpc) is 3.17. The van der Waals surface area contributed by atoms with Gasteiger partial charge in [-0.3, -0.25) is 19.6 Å². The third-order valence-electron chi connectivity index (χ3n) is 7.65. The highest BCUT2D eigenvalue weighted by Crippen LogP contribution is 2.36. The number of benzene rings is 3. The molecular weight excluding hydrogens is 784 g/mol. The number of rotatable bonds is 18. The van der Waals surface area contributed by atoms with Gasteiger partial charge < -0.3 is 15.4 Å². The lowest BCUT2D eigenvalue weighted by atomic mass is 10.2. The van der Waals surface area contributed by atoms with Crippen LogP contribution in [-0.2, 0) is 27.1 Å². The molecule has 5 rings (SSSR count). The molecule has 0 atom stereocenters. The number of anilines is 1. The van der Waals surface area contributed by atoms with Crippen molar-refractivity contribution in [1.82, 2.24) is 20.6 Å². The molecule has 2 heterocycles. The quantitative estimate of drug-likeness (QED) is 0.0175. The number of thioether (sulfide) groups is 1. The summed E-state index contributed by atoms with van der Waals surface area (Å²) in [5, 5.41) is 10.7. The Labute approximate surface area is 333 Å². The number of nitrogens with zero attached hydrogens (tertiary/aromatic N) is 3. The predicted molar refractivity (Wildman–Crippen MR) is 217 cm³/mol. The van der Waals surface area contributed by atoms with Gasteiger partial charge in [-0.2, -0.15) is 13.5 Å². The van der Waals surface area contributed by atoms with E-state index in [-0.39, 0.29) is 22.3 Å². The second-order valence-electron chi connectivity index (χ2n) is 11.7. The summed E-state index contributed by atoms with van der Waals surface area (Å²) < 4.78 is 38.5. The molecule has 0 fully saturated rings. The lowest BCUT2D eigenvalue weighted by Crippen LogP contribution is -2.29. The third-order valence-corrected chi connectivity index (χ3v) is 10.6. The maximum absolute atomic E-state index is 12.7. The third kappa shape index (κ3) is 12.9. The molecule has 2 amide bonds.